The van der Waals surface area contributed by atoms with E-state index >= 15 is 0 Å². The molecule has 1 aromatic carbocycles. The minimum atomic E-state index is 0.529. The van der Waals surface area contributed by atoms with Crippen LogP contribution in [0.1, 0.15) is 40.6 Å². The number of hydrogen-bond acceptors (Lipinski definition) is 7. The molecule has 0 radical (unpaired) electrons. The number of nitrogens with one attached hydrogen (secondary N) is 1. The van der Waals surface area contributed by atoms with E-state index in [1.807, 2.05) is 35.5 Å². The van der Waals surface area contributed by atoms with Crippen molar-refractivity contribution in [2.45, 2.75) is 38.8 Å². The van der Waals surface area contributed by atoms with E-state index in [0.717, 1.165) is 55.5 Å². The number of nitrogens with zero attached hydrogens (tertiary/aromatic N) is 5. The van der Waals surface area contributed by atoms with Crippen LogP contribution in [-0.2, 0) is 24.9 Å². The molecule has 1 saturated heterocycles. The van der Waals surface area contributed by atoms with Crippen molar-refractivity contribution in [3.05, 3.63) is 46.4 Å². The second-order valence-corrected chi connectivity index (χ2v) is 10.6. The van der Waals surface area contributed by atoms with Gasteiger partial charge in [-0.15, -0.1) is 11.3 Å². The number of anilines is 1. The van der Waals surface area contributed by atoms with Crippen LogP contribution >= 0.6 is 11.3 Å². The lowest BCUT2D eigenvalue weighted by Gasteiger charge is -2.22. The minimum Gasteiger partial charge on any atom is -0.381 e. The summed E-state index contributed by atoms with van der Waals surface area (Å²) in [5.74, 6) is 1.49. The topological polar surface area (TPSA) is 68.1 Å². The van der Waals surface area contributed by atoms with Crippen molar-refractivity contribution >= 4 is 27.9 Å². The number of pyridine rings is 1. The maximum atomic E-state index is 5.63. The van der Waals surface area contributed by atoms with E-state index < -0.39 is 0 Å². The summed E-state index contributed by atoms with van der Waals surface area (Å²) in [5.41, 5.74) is 7.21. The van der Waals surface area contributed by atoms with Crippen LogP contribution in [0.15, 0.2) is 24.5 Å². The number of thiazole rings is 1. The summed E-state index contributed by atoms with van der Waals surface area (Å²) < 4.78 is 7.57. The Hall–Kier alpha value is -2.81. The van der Waals surface area contributed by atoms with Crippen molar-refractivity contribution in [1.82, 2.24) is 24.6 Å². The van der Waals surface area contributed by atoms with Crippen molar-refractivity contribution < 1.29 is 4.74 Å². The van der Waals surface area contributed by atoms with Crippen LogP contribution in [0.25, 0.3) is 32.5 Å². The molecule has 34 heavy (non-hydrogen) atoms. The van der Waals surface area contributed by atoms with Crippen LogP contribution in [0, 0.1) is 6.92 Å². The molecule has 0 atom stereocenters. The van der Waals surface area contributed by atoms with E-state index in [-0.39, 0.29) is 0 Å². The number of ether oxygens (including phenoxy) is 1. The van der Waals surface area contributed by atoms with E-state index in [4.69, 9.17) is 14.7 Å². The molecule has 0 spiro atoms. The lowest BCUT2D eigenvalue weighted by molar-refractivity contribution is 0.0857. The first-order chi connectivity index (χ1) is 16.5. The first kappa shape index (κ1) is 21.7. The quantitative estimate of drug-likeness (QED) is 0.442. The van der Waals surface area contributed by atoms with Gasteiger partial charge >= 0.3 is 0 Å². The van der Waals surface area contributed by atoms with Gasteiger partial charge < -0.3 is 15.0 Å². The summed E-state index contributed by atoms with van der Waals surface area (Å²) >= 11 is 1.85. The average Bonchev–Trinajstić information content (AvgIpc) is 3.54. The summed E-state index contributed by atoms with van der Waals surface area (Å²) in [4.78, 5) is 13.6. The molecule has 7 nitrogen and oxygen atoms in total. The van der Waals surface area contributed by atoms with Gasteiger partial charge in [0.1, 0.15) is 10.8 Å². The van der Waals surface area contributed by atoms with Gasteiger partial charge in [0, 0.05) is 66.6 Å². The molecule has 0 amide bonds. The Morgan fingerprint density at radius 2 is 1.97 bits per heavy atom. The summed E-state index contributed by atoms with van der Waals surface area (Å²) in [7, 11) is 6.22. The summed E-state index contributed by atoms with van der Waals surface area (Å²) in [6, 6.07) is 4.49. The maximum absolute atomic E-state index is 5.63. The molecule has 3 aromatic heterocycles. The minimum absolute atomic E-state index is 0.529. The normalized spacial score (nSPS) is 16.0. The fraction of sp³-hybridized carbons (Fsp3) is 0.423. The van der Waals surface area contributed by atoms with Gasteiger partial charge in [0.25, 0.3) is 0 Å². The van der Waals surface area contributed by atoms with Gasteiger partial charge in [0.2, 0.25) is 0 Å². The zero-order valence-electron chi connectivity index (χ0n) is 20.2. The number of aromatic nitrogens is 4. The molecule has 0 unspecified atom stereocenters. The van der Waals surface area contributed by atoms with Crippen molar-refractivity contribution in [3.8, 4) is 21.7 Å². The number of hydrogen-bond donors (Lipinski definition) is 1. The van der Waals surface area contributed by atoms with Crippen LogP contribution in [-0.4, -0.2) is 52.0 Å². The van der Waals surface area contributed by atoms with Crippen molar-refractivity contribution in [3.63, 3.8) is 0 Å². The van der Waals surface area contributed by atoms with Gasteiger partial charge in [0.05, 0.1) is 11.9 Å². The van der Waals surface area contributed by atoms with E-state index in [9.17, 15) is 0 Å². The fourth-order valence-electron chi connectivity index (χ4n) is 5.25. The zero-order chi connectivity index (χ0) is 23.4. The highest BCUT2D eigenvalue weighted by atomic mass is 32.1. The highest BCUT2D eigenvalue weighted by molar-refractivity contribution is 7.15. The van der Waals surface area contributed by atoms with Crippen LogP contribution in [0.4, 0.5) is 5.82 Å². The summed E-state index contributed by atoms with van der Waals surface area (Å²) in [5, 5.41) is 11.5. The lowest BCUT2D eigenvalue weighted by Crippen LogP contribution is -2.17. The first-order valence-corrected chi connectivity index (χ1v) is 12.7. The first-order valence-electron chi connectivity index (χ1n) is 11.9. The molecule has 4 aromatic rings. The molecule has 2 aliphatic heterocycles. The fourth-order valence-corrected chi connectivity index (χ4v) is 6.52. The Morgan fingerprint density at radius 1 is 1.15 bits per heavy atom. The highest BCUT2D eigenvalue weighted by Gasteiger charge is 2.27. The number of benzene rings is 1. The van der Waals surface area contributed by atoms with Gasteiger partial charge in [-0.25, -0.2) is 9.97 Å². The zero-order valence-corrected chi connectivity index (χ0v) is 21.0. The van der Waals surface area contributed by atoms with Gasteiger partial charge in [-0.3, -0.25) is 4.68 Å². The van der Waals surface area contributed by atoms with Crippen molar-refractivity contribution in [2.24, 2.45) is 7.05 Å². The second-order valence-electron chi connectivity index (χ2n) is 9.61. The van der Waals surface area contributed by atoms with Gasteiger partial charge in [-0.1, -0.05) is 12.1 Å². The summed E-state index contributed by atoms with van der Waals surface area (Å²) in [6.45, 7) is 5.43. The van der Waals surface area contributed by atoms with Crippen LogP contribution < -0.4 is 5.32 Å². The van der Waals surface area contributed by atoms with Crippen LogP contribution in [0.2, 0.25) is 0 Å². The molecule has 2 aliphatic rings. The monoisotopic (exact) mass is 474 g/mol. The predicted octanol–water partition coefficient (Wildman–Crippen LogP) is 4.95. The van der Waals surface area contributed by atoms with Gasteiger partial charge in [0.15, 0.2) is 0 Å². The average molecular weight is 475 g/mol. The van der Waals surface area contributed by atoms with Gasteiger partial charge in [-0.2, -0.15) is 5.10 Å². The third-order valence-electron chi connectivity index (χ3n) is 7.14. The van der Waals surface area contributed by atoms with Crippen molar-refractivity contribution in [2.75, 3.05) is 32.6 Å². The SMILES string of the molecule is Cc1c(-c2ccc3c(-c4nc(CN(C)C)c(C5CCOCC5)s4)cnc4c3c2CN4)cnn1C. The van der Waals surface area contributed by atoms with Crippen LogP contribution in [0.5, 0.6) is 0 Å². The molecular formula is C26H30N6OS. The maximum Gasteiger partial charge on any atom is 0.134 e. The molecule has 6 rings (SSSR count). The van der Waals surface area contributed by atoms with Crippen molar-refractivity contribution in [1.29, 1.82) is 0 Å². The van der Waals surface area contributed by atoms with E-state index in [2.05, 4.69) is 48.5 Å². The Morgan fingerprint density at radius 3 is 2.71 bits per heavy atom. The highest BCUT2D eigenvalue weighted by Crippen LogP contribution is 2.44. The van der Waals surface area contributed by atoms with Crippen LogP contribution in [0.3, 0.4) is 0 Å². The van der Waals surface area contributed by atoms with Gasteiger partial charge in [-0.05, 0) is 56.3 Å². The Balaban J connectivity index is 1.50. The molecule has 0 aliphatic carbocycles. The third-order valence-corrected chi connectivity index (χ3v) is 8.43. The smallest absolute Gasteiger partial charge is 0.134 e. The molecule has 1 fully saturated rings. The Bertz CT molecular complexity index is 1380. The molecule has 1 N–H and O–H groups in total. The number of rotatable bonds is 5. The van der Waals surface area contributed by atoms with E-state index in [1.54, 1.807) is 0 Å². The molecule has 0 saturated carbocycles. The Kier molecular flexibility index (Phi) is 5.39. The molecule has 0 bridgehead atoms. The van der Waals surface area contributed by atoms with E-state index in [0.29, 0.717) is 5.92 Å². The standard InChI is InChI=1S/C26H30N6OS/c1-15-19(13-29-32(15)4)17-5-6-18-21(12-28-25-23(18)20(17)11-27-25)26-30-22(14-31(2)3)24(34-26)16-7-9-33-10-8-16/h5-6,12-13,16H,7-11,14H2,1-4H3,(H,27,28). The van der Waals surface area contributed by atoms with E-state index in [1.165, 1.54) is 43.7 Å². The number of aryl methyl sites for hydroxylation is 1. The summed E-state index contributed by atoms with van der Waals surface area (Å²) in [6.07, 6.45) is 6.11. The lowest BCUT2D eigenvalue weighted by atomic mass is 9.95. The third kappa shape index (κ3) is 3.52. The second kappa shape index (κ2) is 8.45. The molecule has 5 heterocycles. The largest absolute Gasteiger partial charge is 0.381 e. The molecular weight excluding hydrogens is 444 g/mol. The molecule has 176 valence electrons. The predicted molar refractivity (Wildman–Crippen MR) is 137 cm³/mol. The molecule has 8 heteroatoms. The Labute approximate surface area is 203 Å².